The van der Waals surface area contributed by atoms with Crippen molar-refractivity contribution in [1.82, 2.24) is 0 Å². The van der Waals surface area contributed by atoms with Crippen molar-refractivity contribution in [3.63, 3.8) is 0 Å². The minimum Gasteiger partial charge on any atom is -0.462 e. The van der Waals surface area contributed by atoms with Crippen LogP contribution in [0, 0.1) is 13.8 Å². The minimum absolute atomic E-state index is 0.0528. The summed E-state index contributed by atoms with van der Waals surface area (Å²) in [4.78, 5) is 29.6. The van der Waals surface area contributed by atoms with E-state index in [9.17, 15) is 9.59 Å². The van der Waals surface area contributed by atoms with Crippen molar-refractivity contribution in [3.05, 3.63) is 73.9 Å². The molecule has 0 unspecified atom stereocenters. The number of thioether (sulfide) groups is 2. The fourth-order valence-corrected chi connectivity index (χ4v) is 7.43. The Morgan fingerprint density at radius 3 is 2.32 bits per heavy atom. The summed E-state index contributed by atoms with van der Waals surface area (Å²) in [6, 6.07) is 14.0. The van der Waals surface area contributed by atoms with Crippen LogP contribution in [0.25, 0.3) is 10.5 Å². The highest BCUT2D eigenvalue weighted by molar-refractivity contribution is 8.32. The maximum absolute atomic E-state index is 12.9. The van der Waals surface area contributed by atoms with E-state index in [0.717, 1.165) is 42.7 Å². The number of ether oxygens (including phenoxy) is 1. The number of fused-ring (bicyclic) bond motifs is 1. The standard InChI is InChI=1S/C27H27NO3S3/c1-7-31-25(30)23-22(18-11-9-8-10-12-18)33-26(34-23)21-19-13-15(2)16(3)14-20(19)28(17(4)29)27(5,6)24(21)32/h8-14H,7H2,1-6H3. The summed E-state index contributed by atoms with van der Waals surface area (Å²) < 4.78 is 6.33. The molecule has 0 spiro atoms. The summed E-state index contributed by atoms with van der Waals surface area (Å²) >= 11 is 9.01. The van der Waals surface area contributed by atoms with E-state index in [4.69, 9.17) is 17.0 Å². The average molecular weight is 510 g/mol. The molecule has 2 aromatic rings. The average Bonchev–Trinajstić information content (AvgIpc) is 3.22. The predicted molar refractivity (Wildman–Crippen MR) is 148 cm³/mol. The summed E-state index contributed by atoms with van der Waals surface area (Å²) in [7, 11) is 0. The van der Waals surface area contributed by atoms with Gasteiger partial charge in [-0.25, -0.2) is 4.79 Å². The molecule has 0 aromatic heterocycles. The van der Waals surface area contributed by atoms with E-state index in [1.165, 1.54) is 11.8 Å². The van der Waals surface area contributed by atoms with Gasteiger partial charge in [-0.2, -0.15) is 0 Å². The van der Waals surface area contributed by atoms with Gasteiger partial charge >= 0.3 is 5.97 Å². The second-order valence-corrected chi connectivity index (χ2v) is 11.5. The molecule has 0 radical (unpaired) electrons. The highest BCUT2D eigenvalue weighted by Gasteiger charge is 2.45. The molecule has 2 heterocycles. The maximum Gasteiger partial charge on any atom is 0.346 e. The molecule has 0 aliphatic carbocycles. The van der Waals surface area contributed by atoms with Crippen molar-refractivity contribution in [3.8, 4) is 0 Å². The summed E-state index contributed by atoms with van der Waals surface area (Å²) in [6.45, 7) is 11.8. The zero-order chi connectivity index (χ0) is 24.8. The molecule has 0 fully saturated rings. The number of anilines is 1. The maximum atomic E-state index is 12.9. The number of benzene rings is 2. The molecule has 1 amide bonds. The van der Waals surface area contributed by atoms with Crippen LogP contribution in [-0.4, -0.2) is 28.9 Å². The van der Waals surface area contributed by atoms with Gasteiger partial charge in [0.05, 0.1) is 26.9 Å². The Balaban J connectivity index is 1.95. The fraction of sp³-hybridized carbons (Fsp3) is 0.296. The monoisotopic (exact) mass is 509 g/mol. The van der Waals surface area contributed by atoms with Crippen LogP contribution in [-0.2, 0) is 14.3 Å². The van der Waals surface area contributed by atoms with Crippen LogP contribution in [0.15, 0.2) is 51.6 Å². The summed E-state index contributed by atoms with van der Waals surface area (Å²) in [5, 5.41) is 0. The number of aryl methyl sites for hydroxylation is 2. The summed E-state index contributed by atoms with van der Waals surface area (Å²) in [5.74, 6) is -0.385. The number of thiocarbonyl (C=S) groups is 1. The van der Waals surface area contributed by atoms with Crippen molar-refractivity contribution in [2.75, 3.05) is 11.5 Å². The highest BCUT2D eigenvalue weighted by Crippen LogP contribution is 2.58. The van der Waals surface area contributed by atoms with E-state index in [1.54, 1.807) is 23.6 Å². The molecule has 176 valence electrons. The molecule has 34 heavy (non-hydrogen) atoms. The SMILES string of the molecule is CCOC(=O)C1=C(c2ccccc2)SC(=C2C(=S)C(C)(C)N(C(C)=O)c3cc(C)c(C)cc32)S1. The van der Waals surface area contributed by atoms with Gasteiger partial charge in [0.25, 0.3) is 0 Å². The zero-order valence-electron chi connectivity index (χ0n) is 20.1. The first kappa shape index (κ1) is 24.8. The van der Waals surface area contributed by atoms with Crippen LogP contribution in [0.3, 0.4) is 0 Å². The first-order valence-electron chi connectivity index (χ1n) is 11.1. The molecule has 2 aliphatic heterocycles. The van der Waals surface area contributed by atoms with E-state index in [2.05, 4.69) is 19.1 Å². The molecule has 0 saturated heterocycles. The Morgan fingerprint density at radius 2 is 1.71 bits per heavy atom. The molecule has 2 aromatic carbocycles. The Labute approximate surface area is 214 Å². The van der Waals surface area contributed by atoms with Crippen LogP contribution in [0.1, 0.15) is 49.9 Å². The minimum atomic E-state index is -0.696. The van der Waals surface area contributed by atoms with Gasteiger partial charge in [0.15, 0.2) is 0 Å². The second kappa shape index (κ2) is 9.36. The first-order chi connectivity index (χ1) is 16.1. The van der Waals surface area contributed by atoms with Gasteiger partial charge in [-0.05, 0) is 63.4 Å². The number of amides is 1. The van der Waals surface area contributed by atoms with Crippen molar-refractivity contribution in [2.45, 2.75) is 47.1 Å². The van der Waals surface area contributed by atoms with E-state index in [0.29, 0.717) is 16.4 Å². The molecular weight excluding hydrogens is 483 g/mol. The fourth-order valence-electron chi connectivity index (χ4n) is 4.29. The summed E-state index contributed by atoms with van der Waals surface area (Å²) in [6.07, 6.45) is 0. The Kier molecular flexibility index (Phi) is 6.82. The van der Waals surface area contributed by atoms with Crippen molar-refractivity contribution >= 4 is 68.6 Å². The third-order valence-electron chi connectivity index (χ3n) is 6.08. The number of nitrogens with zero attached hydrogens (tertiary/aromatic N) is 1. The molecule has 2 aliphatic rings. The smallest absolute Gasteiger partial charge is 0.346 e. The van der Waals surface area contributed by atoms with E-state index >= 15 is 0 Å². The molecule has 4 rings (SSSR count). The number of carbonyl (C=O) groups excluding carboxylic acids is 2. The lowest BCUT2D eigenvalue weighted by Crippen LogP contribution is -2.55. The predicted octanol–water partition coefficient (Wildman–Crippen LogP) is 6.90. The van der Waals surface area contributed by atoms with E-state index < -0.39 is 5.54 Å². The van der Waals surface area contributed by atoms with Crippen molar-refractivity contribution in [2.24, 2.45) is 0 Å². The number of carbonyl (C=O) groups is 2. The highest BCUT2D eigenvalue weighted by atomic mass is 32.2. The van der Waals surface area contributed by atoms with Gasteiger partial charge in [0, 0.05) is 23.0 Å². The van der Waals surface area contributed by atoms with Gasteiger partial charge in [0.2, 0.25) is 5.91 Å². The molecule has 0 bridgehead atoms. The molecule has 0 saturated carbocycles. The van der Waals surface area contributed by atoms with Crippen LogP contribution in [0.4, 0.5) is 5.69 Å². The lowest BCUT2D eigenvalue weighted by atomic mass is 9.82. The third-order valence-corrected chi connectivity index (χ3v) is 9.41. The van der Waals surface area contributed by atoms with E-state index in [-0.39, 0.29) is 11.9 Å². The van der Waals surface area contributed by atoms with E-state index in [1.807, 2.05) is 58.0 Å². The zero-order valence-corrected chi connectivity index (χ0v) is 22.6. The van der Waals surface area contributed by atoms with Gasteiger partial charge < -0.3 is 9.64 Å². The topological polar surface area (TPSA) is 46.6 Å². The number of hydrogen-bond acceptors (Lipinski definition) is 6. The van der Waals surface area contributed by atoms with Crippen LogP contribution in [0.5, 0.6) is 0 Å². The molecule has 0 atom stereocenters. The number of esters is 1. The van der Waals surface area contributed by atoms with Gasteiger partial charge in [-0.15, -0.1) is 0 Å². The van der Waals surface area contributed by atoms with Crippen LogP contribution in [0.2, 0.25) is 0 Å². The molecule has 7 heteroatoms. The molecule has 0 N–H and O–H groups in total. The normalized spacial score (nSPS) is 19.4. The Bertz CT molecular complexity index is 1280. The second-order valence-electron chi connectivity index (χ2n) is 8.81. The molecule has 4 nitrogen and oxygen atoms in total. The molecular formula is C27H27NO3S3. The van der Waals surface area contributed by atoms with Crippen molar-refractivity contribution in [1.29, 1.82) is 0 Å². The Hall–Kier alpha value is -2.35. The number of hydrogen-bond donors (Lipinski definition) is 0. The van der Waals surface area contributed by atoms with Gasteiger partial charge in [-0.3, -0.25) is 4.79 Å². The first-order valence-corrected chi connectivity index (χ1v) is 13.2. The number of rotatable bonds is 3. The van der Waals surface area contributed by atoms with Crippen LogP contribution >= 0.6 is 35.7 Å². The van der Waals surface area contributed by atoms with Gasteiger partial charge in [0.1, 0.15) is 4.91 Å². The lowest BCUT2D eigenvalue weighted by Gasteiger charge is -2.45. The summed E-state index contributed by atoms with van der Waals surface area (Å²) in [5.41, 5.74) is 5.19. The quantitative estimate of drug-likeness (QED) is 0.255. The van der Waals surface area contributed by atoms with Crippen molar-refractivity contribution < 1.29 is 14.3 Å². The lowest BCUT2D eigenvalue weighted by molar-refractivity contribution is -0.137. The third kappa shape index (κ3) is 4.14. The van der Waals surface area contributed by atoms with Gasteiger partial charge in [-0.1, -0.05) is 66.1 Å². The Morgan fingerprint density at radius 1 is 1.06 bits per heavy atom. The largest absolute Gasteiger partial charge is 0.462 e. The van der Waals surface area contributed by atoms with Crippen LogP contribution < -0.4 is 4.90 Å².